The van der Waals surface area contributed by atoms with Gasteiger partial charge in [0.15, 0.2) is 0 Å². The van der Waals surface area contributed by atoms with Crippen LogP contribution in [0.3, 0.4) is 0 Å². The van der Waals surface area contributed by atoms with E-state index < -0.39 is 0 Å². The van der Waals surface area contributed by atoms with Gasteiger partial charge in [-0.3, -0.25) is 4.79 Å². The van der Waals surface area contributed by atoms with E-state index in [1.54, 1.807) is 5.01 Å². The first-order valence-electron chi connectivity index (χ1n) is 8.75. The molecule has 0 saturated heterocycles. The number of carbonyl (C=O) groups excluding carboxylic acids is 1. The number of aromatic nitrogens is 1. The highest BCUT2D eigenvalue weighted by Crippen LogP contribution is 2.20. The third-order valence-corrected chi connectivity index (χ3v) is 4.77. The molecule has 0 N–H and O–H groups in total. The van der Waals surface area contributed by atoms with Gasteiger partial charge in [0, 0.05) is 24.6 Å². The Labute approximate surface area is 147 Å². The van der Waals surface area contributed by atoms with Crippen molar-refractivity contribution in [2.75, 3.05) is 0 Å². The van der Waals surface area contributed by atoms with E-state index in [1.807, 2.05) is 18.3 Å². The van der Waals surface area contributed by atoms with E-state index in [0.29, 0.717) is 19.5 Å². The number of nitrogens with zero attached hydrogens (tertiary/aromatic N) is 3. The van der Waals surface area contributed by atoms with E-state index in [4.69, 9.17) is 0 Å². The van der Waals surface area contributed by atoms with Crippen LogP contribution < -0.4 is 0 Å². The second kappa shape index (κ2) is 6.55. The van der Waals surface area contributed by atoms with Crippen molar-refractivity contribution in [3.05, 3.63) is 71.9 Å². The Morgan fingerprint density at radius 1 is 1.00 bits per heavy atom. The molecule has 0 radical (unpaired) electrons. The fourth-order valence-electron chi connectivity index (χ4n) is 3.26. The van der Waals surface area contributed by atoms with E-state index in [0.717, 1.165) is 23.2 Å². The van der Waals surface area contributed by atoms with Gasteiger partial charge in [0.2, 0.25) is 5.91 Å². The molecule has 2 heterocycles. The van der Waals surface area contributed by atoms with Gasteiger partial charge in [-0.1, -0.05) is 49.4 Å². The summed E-state index contributed by atoms with van der Waals surface area (Å²) in [5.41, 5.74) is 4.52. The molecule has 0 unspecified atom stereocenters. The highest BCUT2D eigenvalue weighted by molar-refractivity contribution is 6.04. The second-order valence-electron chi connectivity index (χ2n) is 6.38. The lowest BCUT2D eigenvalue weighted by Gasteiger charge is -2.24. The third kappa shape index (κ3) is 3.07. The summed E-state index contributed by atoms with van der Waals surface area (Å²) in [6, 6.07) is 18.7. The Morgan fingerprint density at radius 2 is 1.80 bits per heavy atom. The van der Waals surface area contributed by atoms with Crippen LogP contribution >= 0.6 is 0 Å². The first kappa shape index (κ1) is 15.6. The Bertz CT molecular complexity index is 937. The zero-order valence-corrected chi connectivity index (χ0v) is 14.4. The molecule has 0 spiro atoms. The zero-order valence-electron chi connectivity index (χ0n) is 14.4. The van der Waals surface area contributed by atoms with Crippen LogP contribution in [0, 0.1) is 0 Å². The van der Waals surface area contributed by atoms with Crippen LogP contribution in [-0.2, 0) is 17.9 Å². The van der Waals surface area contributed by atoms with Crippen LogP contribution in [0.25, 0.3) is 10.9 Å². The molecule has 0 aliphatic carbocycles. The Kier molecular flexibility index (Phi) is 4.10. The molecule has 0 saturated carbocycles. The summed E-state index contributed by atoms with van der Waals surface area (Å²) in [6.07, 6.45) is 4.25. The SMILES string of the molecule is CCc1ccc(C2=NN(Cn3ccc4ccccc43)C(=O)CC2)cc1. The van der Waals surface area contributed by atoms with E-state index in [2.05, 4.69) is 59.1 Å². The standard InChI is InChI=1S/C21H21N3O/c1-2-16-7-9-17(10-8-16)19-11-12-21(25)24(22-19)15-23-14-13-18-5-3-4-6-20(18)23/h3-10,13-14H,2,11-12,15H2,1H3. The van der Waals surface area contributed by atoms with Crippen molar-refractivity contribution in [2.24, 2.45) is 5.10 Å². The summed E-state index contributed by atoms with van der Waals surface area (Å²) in [7, 11) is 0. The molecule has 4 nitrogen and oxygen atoms in total. The van der Waals surface area contributed by atoms with Gasteiger partial charge in [-0.15, -0.1) is 0 Å². The molecule has 0 fully saturated rings. The number of hydrazone groups is 1. The second-order valence-corrected chi connectivity index (χ2v) is 6.38. The average Bonchev–Trinajstić information content (AvgIpc) is 3.07. The molecule has 3 aromatic rings. The van der Waals surface area contributed by atoms with Crippen LogP contribution in [0.2, 0.25) is 0 Å². The number of hydrogen-bond acceptors (Lipinski definition) is 2. The third-order valence-electron chi connectivity index (χ3n) is 4.77. The van der Waals surface area contributed by atoms with Gasteiger partial charge in [-0.2, -0.15) is 5.10 Å². The predicted molar refractivity (Wildman–Crippen MR) is 100 cm³/mol. The summed E-state index contributed by atoms with van der Waals surface area (Å²) < 4.78 is 2.07. The van der Waals surface area contributed by atoms with Gasteiger partial charge in [0.25, 0.3) is 0 Å². The predicted octanol–water partition coefficient (Wildman–Crippen LogP) is 4.19. The highest BCUT2D eigenvalue weighted by atomic mass is 16.2. The number of aryl methyl sites for hydroxylation is 1. The number of fused-ring (bicyclic) bond motifs is 1. The van der Waals surface area contributed by atoms with Gasteiger partial charge in [0.05, 0.1) is 5.71 Å². The monoisotopic (exact) mass is 331 g/mol. The molecule has 0 atom stereocenters. The molecule has 126 valence electrons. The zero-order chi connectivity index (χ0) is 17.2. The summed E-state index contributed by atoms with van der Waals surface area (Å²) in [5.74, 6) is 0.0757. The van der Waals surface area contributed by atoms with Crippen molar-refractivity contribution in [1.29, 1.82) is 0 Å². The van der Waals surface area contributed by atoms with Gasteiger partial charge < -0.3 is 4.57 Å². The van der Waals surface area contributed by atoms with E-state index in [9.17, 15) is 4.79 Å². The molecule has 1 aliphatic heterocycles. The lowest BCUT2D eigenvalue weighted by molar-refractivity contribution is -0.133. The smallest absolute Gasteiger partial charge is 0.244 e. The minimum atomic E-state index is 0.0757. The first-order chi connectivity index (χ1) is 12.2. The van der Waals surface area contributed by atoms with Crippen molar-refractivity contribution in [3.63, 3.8) is 0 Å². The van der Waals surface area contributed by atoms with Crippen LogP contribution in [0.4, 0.5) is 0 Å². The van der Waals surface area contributed by atoms with Crippen LogP contribution in [0.5, 0.6) is 0 Å². The maximum Gasteiger partial charge on any atom is 0.244 e. The topological polar surface area (TPSA) is 37.6 Å². The number of carbonyl (C=O) groups is 1. The Morgan fingerprint density at radius 3 is 2.60 bits per heavy atom. The fourth-order valence-corrected chi connectivity index (χ4v) is 3.26. The number of benzene rings is 2. The summed E-state index contributed by atoms with van der Waals surface area (Å²) in [5, 5.41) is 7.42. The van der Waals surface area contributed by atoms with Gasteiger partial charge >= 0.3 is 0 Å². The quantitative estimate of drug-likeness (QED) is 0.706. The van der Waals surface area contributed by atoms with Gasteiger partial charge in [0.1, 0.15) is 6.67 Å². The van der Waals surface area contributed by atoms with Crippen molar-refractivity contribution < 1.29 is 4.79 Å². The minimum absolute atomic E-state index is 0.0757. The van der Waals surface area contributed by atoms with Crippen LogP contribution in [0.1, 0.15) is 30.9 Å². The highest BCUT2D eigenvalue weighted by Gasteiger charge is 2.21. The van der Waals surface area contributed by atoms with Crippen molar-refractivity contribution >= 4 is 22.5 Å². The van der Waals surface area contributed by atoms with Gasteiger partial charge in [-0.05, 0) is 35.1 Å². The van der Waals surface area contributed by atoms with Crippen LogP contribution in [-0.4, -0.2) is 21.2 Å². The van der Waals surface area contributed by atoms with Crippen molar-refractivity contribution in [3.8, 4) is 0 Å². The summed E-state index contributed by atoms with van der Waals surface area (Å²) >= 11 is 0. The van der Waals surface area contributed by atoms with E-state index >= 15 is 0 Å². The van der Waals surface area contributed by atoms with E-state index in [-0.39, 0.29) is 5.91 Å². The molecule has 0 bridgehead atoms. The lowest BCUT2D eigenvalue weighted by atomic mass is 10.0. The molecular formula is C21H21N3O. The number of para-hydroxylation sites is 1. The molecule has 1 aliphatic rings. The fraction of sp³-hybridized carbons (Fsp3) is 0.238. The minimum Gasteiger partial charge on any atom is -0.327 e. The number of hydrogen-bond donors (Lipinski definition) is 0. The maximum absolute atomic E-state index is 12.3. The average molecular weight is 331 g/mol. The number of amides is 1. The molecule has 4 rings (SSSR count). The molecule has 2 aromatic carbocycles. The molecule has 1 amide bonds. The number of rotatable bonds is 4. The maximum atomic E-state index is 12.3. The normalized spacial score (nSPS) is 14.8. The first-order valence-corrected chi connectivity index (χ1v) is 8.75. The molecular weight excluding hydrogens is 310 g/mol. The summed E-state index contributed by atoms with van der Waals surface area (Å²) in [4.78, 5) is 12.3. The Hall–Kier alpha value is -2.88. The largest absolute Gasteiger partial charge is 0.327 e. The molecule has 1 aromatic heterocycles. The van der Waals surface area contributed by atoms with Crippen molar-refractivity contribution in [2.45, 2.75) is 32.9 Å². The Balaban J connectivity index is 1.62. The van der Waals surface area contributed by atoms with Crippen molar-refractivity contribution in [1.82, 2.24) is 9.58 Å². The molecule has 25 heavy (non-hydrogen) atoms. The lowest BCUT2D eigenvalue weighted by Crippen LogP contribution is -2.33. The van der Waals surface area contributed by atoms with Crippen LogP contribution in [0.15, 0.2) is 65.9 Å². The van der Waals surface area contributed by atoms with E-state index in [1.165, 1.54) is 10.9 Å². The summed E-state index contributed by atoms with van der Waals surface area (Å²) in [6.45, 7) is 2.60. The van der Waals surface area contributed by atoms with Gasteiger partial charge in [-0.25, -0.2) is 5.01 Å². The molecule has 4 heteroatoms.